The first-order valence-corrected chi connectivity index (χ1v) is 4.53. The maximum Gasteiger partial charge on any atom is 0.126 e. The van der Waals surface area contributed by atoms with E-state index in [1.807, 2.05) is 0 Å². The summed E-state index contributed by atoms with van der Waals surface area (Å²) in [6.45, 7) is 4.46. The van der Waals surface area contributed by atoms with Crippen LogP contribution in [0.3, 0.4) is 0 Å². The van der Waals surface area contributed by atoms with Gasteiger partial charge in [0.15, 0.2) is 0 Å². The minimum Gasteiger partial charge on any atom is -0.321 e. The maximum atomic E-state index is 13.5. The molecule has 0 saturated carbocycles. The van der Waals surface area contributed by atoms with Crippen molar-refractivity contribution in [2.24, 2.45) is 5.73 Å². The molecular formula is C11H15F2N. The zero-order valence-corrected chi connectivity index (χ0v) is 8.64. The van der Waals surface area contributed by atoms with Crippen LogP contribution in [0.5, 0.6) is 0 Å². The van der Waals surface area contributed by atoms with Gasteiger partial charge in [0.2, 0.25) is 0 Å². The van der Waals surface area contributed by atoms with Crippen LogP contribution in [0.1, 0.15) is 31.0 Å². The Morgan fingerprint density at radius 3 is 2.36 bits per heavy atom. The highest BCUT2D eigenvalue weighted by Gasteiger charge is 2.27. The third kappa shape index (κ3) is 2.29. The van der Waals surface area contributed by atoms with Crippen LogP contribution in [0.15, 0.2) is 18.2 Å². The van der Waals surface area contributed by atoms with Gasteiger partial charge >= 0.3 is 0 Å². The molecule has 0 fully saturated rings. The second kappa shape index (κ2) is 3.65. The van der Waals surface area contributed by atoms with Gasteiger partial charge in [-0.25, -0.2) is 8.78 Å². The van der Waals surface area contributed by atoms with Crippen molar-refractivity contribution in [1.29, 1.82) is 0 Å². The van der Waals surface area contributed by atoms with Crippen LogP contribution in [-0.4, -0.2) is 5.67 Å². The molecule has 0 heterocycles. The Balaban J connectivity index is 3.03. The molecule has 0 radical (unpaired) electrons. The van der Waals surface area contributed by atoms with Crippen LogP contribution < -0.4 is 5.73 Å². The van der Waals surface area contributed by atoms with Crippen molar-refractivity contribution >= 4 is 0 Å². The molecule has 1 atom stereocenters. The van der Waals surface area contributed by atoms with Gasteiger partial charge in [0.05, 0.1) is 6.04 Å². The van der Waals surface area contributed by atoms with E-state index in [1.54, 1.807) is 13.0 Å². The number of alkyl halides is 1. The van der Waals surface area contributed by atoms with E-state index in [9.17, 15) is 8.78 Å². The Hall–Kier alpha value is -0.960. The highest BCUT2D eigenvalue weighted by Crippen LogP contribution is 2.27. The predicted octanol–water partition coefficient (Wildman–Crippen LogP) is 2.88. The van der Waals surface area contributed by atoms with Gasteiger partial charge in [-0.1, -0.05) is 12.1 Å². The van der Waals surface area contributed by atoms with E-state index in [0.29, 0.717) is 11.1 Å². The van der Waals surface area contributed by atoms with E-state index < -0.39 is 11.7 Å². The molecule has 0 bridgehead atoms. The Bertz CT molecular complexity index is 329. The highest BCUT2D eigenvalue weighted by molar-refractivity contribution is 5.27. The molecule has 0 aliphatic carbocycles. The van der Waals surface area contributed by atoms with Gasteiger partial charge in [-0.3, -0.25) is 0 Å². The smallest absolute Gasteiger partial charge is 0.126 e. The quantitative estimate of drug-likeness (QED) is 0.778. The number of halogens is 2. The third-order valence-electron chi connectivity index (χ3n) is 2.28. The normalized spacial score (nSPS) is 14.1. The van der Waals surface area contributed by atoms with Crippen molar-refractivity contribution in [3.8, 4) is 0 Å². The van der Waals surface area contributed by atoms with Crippen LogP contribution in [0.2, 0.25) is 0 Å². The first-order chi connectivity index (χ1) is 6.32. The van der Waals surface area contributed by atoms with Gasteiger partial charge in [0, 0.05) is 0 Å². The summed E-state index contributed by atoms with van der Waals surface area (Å²) in [6, 6.07) is 3.70. The maximum absolute atomic E-state index is 13.5. The number of rotatable bonds is 2. The van der Waals surface area contributed by atoms with Crippen molar-refractivity contribution in [3.05, 3.63) is 35.1 Å². The van der Waals surface area contributed by atoms with E-state index in [4.69, 9.17) is 5.73 Å². The van der Waals surface area contributed by atoms with Crippen molar-refractivity contribution in [1.82, 2.24) is 0 Å². The average molecular weight is 199 g/mol. The highest BCUT2D eigenvalue weighted by atomic mass is 19.1. The Morgan fingerprint density at radius 1 is 1.36 bits per heavy atom. The lowest BCUT2D eigenvalue weighted by molar-refractivity contribution is 0.174. The van der Waals surface area contributed by atoms with Crippen LogP contribution >= 0.6 is 0 Å². The summed E-state index contributed by atoms with van der Waals surface area (Å²) in [5.74, 6) is -0.294. The van der Waals surface area contributed by atoms with E-state index >= 15 is 0 Å². The van der Waals surface area contributed by atoms with Gasteiger partial charge in [-0.15, -0.1) is 0 Å². The van der Waals surface area contributed by atoms with Crippen molar-refractivity contribution in [2.45, 2.75) is 32.5 Å². The first-order valence-electron chi connectivity index (χ1n) is 4.53. The number of hydrogen-bond acceptors (Lipinski definition) is 1. The molecule has 1 aromatic carbocycles. The van der Waals surface area contributed by atoms with E-state index in [1.165, 1.54) is 26.0 Å². The van der Waals surface area contributed by atoms with Crippen LogP contribution in [0.4, 0.5) is 8.78 Å². The Labute approximate surface area is 82.9 Å². The zero-order chi connectivity index (χ0) is 10.9. The number of aryl methyl sites for hydroxylation is 1. The zero-order valence-electron chi connectivity index (χ0n) is 8.64. The third-order valence-corrected chi connectivity index (χ3v) is 2.28. The molecular weight excluding hydrogens is 184 g/mol. The SMILES string of the molecule is Cc1cc(C(N)C(C)(C)F)ccc1F. The summed E-state index contributed by atoms with van der Waals surface area (Å²) in [5.41, 5.74) is 5.31. The lowest BCUT2D eigenvalue weighted by Crippen LogP contribution is -2.31. The topological polar surface area (TPSA) is 26.0 Å². The fourth-order valence-electron chi connectivity index (χ4n) is 1.26. The molecule has 2 N–H and O–H groups in total. The van der Waals surface area contributed by atoms with Crippen LogP contribution in [-0.2, 0) is 0 Å². The molecule has 0 spiro atoms. The van der Waals surface area contributed by atoms with Crippen molar-refractivity contribution in [3.63, 3.8) is 0 Å². The van der Waals surface area contributed by atoms with Gasteiger partial charge < -0.3 is 5.73 Å². The molecule has 0 amide bonds. The Kier molecular flexibility index (Phi) is 2.90. The second-order valence-corrected chi connectivity index (χ2v) is 4.05. The second-order valence-electron chi connectivity index (χ2n) is 4.05. The Morgan fingerprint density at radius 2 is 1.93 bits per heavy atom. The predicted molar refractivity (Wildman–Crippen MR) is 53.3 cm³/mol. The summed E-state index contributed by atoms with van der Waals surface area (Å²) in [5, 5.41) is 0. The van der Waals surface area contributed by atoms with E-state index in [-0.39, 0.29) is 5.82 Å². The minimum absolute atomic E-state index is 0.294. The lowest BCUT2D eigenvalue weighted by atomic mass is 9.93. The summed E-state index contributed by atoms with van der Waals surface area (Å²) >= 11 is 0. The number of benzene rings is 1. The fourth-order valence-corrected chi connectivity index (χ4v) is 1.26. The first kappa shape index (κ1) is 11.1. The number of hydrogen-bond donors (Lipinski definition) is 1. The summed E-state index contributed by atoms with van der Waals surface area (Å²) in [6.07, 6.45) is 0. The minimum atomic E-state index is -1.50. The van der Waals surface area contributed by atoms with E-state index in [2.05, 4.69) is 0 Å². The molecule has 1 nitrogen and oxygen atoms in total. The largest absolute Gasteiger partial charge is 0.321 e. The molecule has 0 saturated heterocycles. The fraction of sp³-hybridized carbons (Fsp3) is 0.455. The molecule has 0 aliphatic heterocycles. The molecule has 78 valence electrons. The summed E-state index contributed by atoms with van der Waals surface area (Å²) in [7, 11) is 0. The monoisotopic (exact) mass is 199 g/mol. The van der Waals surface area contributed by atoms with Crippen LogP contribution in [0.25, 0.3) is 0 Å². The van der Waals surface area contributed by atoms with Gasteiger partial charge in [0.1, 0.15) is 11.5 Å². The molecule has 3 heteroatoms. The van der Waals surface area contributed by atoms with Gasteiger partial charge in [-0.2, -0.15) is 0 Å². The molecule has 1 unspecified atom stereocenters. The standard InChI is InChI=1S/C11H15F2N/c1-7-6-8(4-5-9(7)12)10(14)11(2,3)13/h4-6,10H,14H2,1-3H3. The average Bonchev–Trinajstić information content (AvgIpc) is 2.07. The van der Waals surface area contributed by atoms with Crippen LogP contribution in [0, 0.1) is 12.7 Å². The number of nitrogens with two attached hydrogens (primary N) is 1. The van der Waals surface area contributed by atoms with E-state index in [0.717, 1.165) is 0 Å². The van der Waals surface area contributed by atoms with Crippen molar-refractivity contribution < 1.29 is 8.78 Å². The molecule has 0 aliphatic rings. The van der Waals surface area contributed by atoms with Crippen molar-refractivity contribution in [2.75, 3.05) is 0 Å². The van der Waals surface area contributed by atoms with Gasteiger partial charge in [-0.05, 0) is 38.0 Å². The lowest BCUT2D eigenvalue weighted by Gasteiger charge is -2.23. The molecule has 1 rings (SSSR count). The van der Waals surface area contributed by atoms with Gasteiger partial charge in [0.25, 0.3) is 0 Å². The summed E-state index contributed by atoms with van der Waals surface area (Å²) < 4.78 is 26.4. The molecule has 1 aromatic rings. The molecule has 0 aromatic heterocycles. The molecule has 14 heavy (non-hydrogen) atoms. The summed E-state index contributed by atoms with van der Waals surface area (Å²) in [4.78, 5) is 0.